The van der Waals surface area contributed by atoms with Gasteiger partial charge < -0.3 is 14.7 Å². The van der Waals surface area contributed by atoms with E-state index in [9.17, 15) is 13.9 Å². The quantitative estimate of drug-likeness (QED) is 0.782. The van der Waals surface area contributed by atoms with Gasteiger partial charge in [-0.1, -0.05) is 12.1 Å². The van der Waals surface area contributed by atoms with Crippen molar-refractivity contribution in [2.45, 2.75) is 44.5 Å². The number of likely N-dealkylation sites (tertiary alicyclic amines) is 1. The monoisotopic (exact) mass is 383 g/mol. The van der Waals surface area contributed by atoms with Crippen LogP contribution in [0.1, 0.15) is 24.8 Å². The number of ether oxygens (including phenoxy) is 1. The minimum absolute atomic E-state index is 0.194. The van der Waals surface area contributed by atoms with Gasteiger partial charge >= 0.3 is 6.61 Å². The molecule has 2 fully saturated rings. The highest BCUT2D eigenvalue weighted by Gasteiger charge is 2.32. The fraction of sp³-hybridized carbons (Fsp3) is 0.700. The van der Waals surface area contributed by atoms with Crippen LogP contribution in [0.2, 0.25) is 0 Å². The van der Waals surface area contributed by atoms with Crippen LogP contribution in [0, 0.1) is 0 Å². The molecule has 0 radical (unpaired) electrons. The Balaban J connectivity index is 1.56. The fourth-order valence-corrected chi connectivity index (χ4v) is 4.33. The van der Waals surface area contributed by atoms with Crippen LogP contribution in [-0.2, 0) is 6.54 Å². The molecule has 1 atom stereocenters. The van der Waals surface area contributed by atoms with Gasteiger partial charge in [0.25, 0.3) is 0 Å². The van der Waals surface area contributed by atoms with E-state index >= 15 is 0 Å². The van der Waals surface area contributed by atoms with Gasteiger partial charge in [-0.05, 0) is 57.1 Å². The molecule has 0 aliphatic carbocycles. The average Bonchev–Trinajstić information content (AvgIpc) is 2.64. The summed E-state index contributed by atoms with van der Waals surface area (Å²) in [6, 6.07) is 7.89. The molecule has 0 bridgehead atoms. The Morgan fingerprint density at radius 2 is 1.81 bits per heavy atom. The van der Waals surface area contributed by atoms with Crippen LogP contribution in [0.3, 0.4) is 0 Å². The van der Waals surface area contributed by atoms with Crippen LogP contribution in [0.15, 0.2) is 24.3 Å². The Morgan fingerprint density at radius 1 is 1.11 bits per heavy atom. The maximum atomic E-state index is 12.3. The summed E-state index contributed by atoms with van der Waals surface area (Å²) in [5.74, 6) is 0.194. The lowest BCUT2D eigenvalue weighted by atomic mass is 9.98. The average molecular weight is 383 g/mol. The second-order valence-corrected chi connectivity index (χ2v) is 7.70. The summed E-state index contributed by atoms with van der Waals surface area (Å²) < 4.78 is 28.9. The lowest BCUT2D eigenvalue weighted by Gasteiger charge is -2.47. The third-order valence-electron chi connectivity index (χ3n) is 5.79. The van der Waals surface area contributed by atoms with Crippen LogP contribution in [0.4, 0.5) is 8.78 Å². The number of aliphatic hydroxyl groups excluding tert-OH is 1. The Labute approximate surface area is 160 Å². The van der Waals surface area contributed by atoms with E-state index in [1.807, 2.05) is 12.1 Å². The second kappa shape index (κ2) is 9.78. The van der Waals surface area contributed by atoms with E-state index in [4.69, 9.17) is 0 Å². The first-order valence-corrected chi connectivity index (χ1v) is 9.86. The zero-order valence-electron chi connectivity index (χ0n) is 16.1. The maximum Gasteiger partial charge on any atom is 0.387 e. The van der Waals surface area contributed by atoms with Crippen LogP contribution in [0.25, 0.3) is 0 Å². The first-order valence-electron chi connectivity index (χ1n) is 9.86. The standard InChI is InChI=1S/C20H31F2N3O2/c1-23-9-6-17(7-10-23)25-12-11-24(15-18(25)8-13-26)14-16-2-4-19(5-3-16)27-20(21)22/h2-5,17-18,20,26H,6-15H2,1H3. The molecular formula is C20H31F2N3O2. The molecule has 0 saturated carbocycles. The van der Waals surface area contributed by atoms with Crippen molar-refractivity contribution in [1.82, 2.24) is 14.7 Å². The van der Waals surface area contributed by atoms with Crippen molar-refractivity contribution in [3.63, 3.8) is 0 Å². The molecule has 0 amide bonds. The van der Waals surface area contributed by atoms with Crippen molar-refractivity contribution in [3.05, 3.63) is 29.8 Å². The van der Waals surface area contributed by atoms with Crippen molar-refractivity contribution < 1.29 is 18.6 Å². The highest BCUT2D eigenvalue weighted by Crippen LogP contribution is 2.24. The van der Waals surface area contributed by atoms with Crippen LogP contribution in [-0.4, -0.2) is 84.9 Å². The third kappa shape index (κ3) is 5.85. The second-order valence-electron chi connectivity index (χ2n) is 7.70. The maximum absolute atomic E-state index is 12.3. The summed E-state index contributed by atoms with van der Waals surface area (Å²) in [4.78, 5) is 7.39. The minimum Gasteiger partial charge on any atom is -0.435 e. The normalized spacial score (nSPS) is 23.8. The largest absolute Gasteiger partial charge is 0.435 e. The van der Waals surface area contributed by atoms with E-state index in [-0.39, 0.29) is 12.4 Å². The molecule has 2 saturated heterocycles. The zero-order valence-corrected chi connectivity index (χ0v) is 16.1. The number of benzene rings is 1. The molecule has 0 spiro atoms. The van der Waals surface area contributed by atoms with Gasteiger partial charge in [-0.2, -0.15) is 8.78 Å². The van der Waals surface area contributed by atoms with Gasteiger partial charge in [-0.25, -0.2) is 0 Å². The first-order chi connectivity index (χ1) is 13.0. The highest BCUT2D eigenvalue weighted by molar-refractivity contribution is 5.27. The Hall–Kier alpha value is -1.28. The lowest BCUT2D eigenvalue weighted by molar-refractivity contribution is -0.0498. The molecule has 7 heteroatoms. The summed E-state index contributed by atoms with van der Waals surface area (Å²) in [6.45, 7) is 3.44. The van der Waals surface area contributed by atoms with Crippen molar-refractivity contribution in [2.75, 3.05) is 46.4 Å². The molecular weight excluding hydrogens is 352 g/mol. The molecule has 27 heavy (non-hydrogen) atoms. The van der Waals surface area contributed by atoms with Gasteiger partial charge in [0.1, 0.15) is 5.75 Å². The van der Waals surface area contributed by atoms with Crippen molar-refractivity contribution in [1.29, 1.82) is 0 Å². The van der Waals surface area contributed by atoms with Crippen molar-refractivity contribution >= 4 is 0 Å². The molecule has 1 N–H and O–H groups in total. The number of hydrogen-bond donors (Lipinski definition) is 1. The number of aliphatic hydroxyl groups is 1. The van der Waals surface area contributed by atoms with Gasteiger partial charge in [0, 0.05) is 44.9 Å². The lowest BCUT2D eigenvalue weighted by Crippen LogP contribution is -2.58. The van der Waals surface area contributed by atoms with E-state index in [0.717, 1.165) is 51.3 Å². The molecule has 2 aliphatic rings. The van der Waals surface area contributed by atoms with Crippen LogP contribution >= 0.6 is 0 Å². The molecule has 1 aromatic carbocycles. The van der Waals surface area contributed by atoms with E-state index in [1.54, 1.807) is 12.1 Å². The smallest absolute Gasteiger partial charge is 0.387 e. The van der Waals surface area contributed by atoms with Gasteiger partial charge in [0.15, 0.2) is 0 Å². The summed E-state index contributed by atoms with van der Waals surface area (Å²) in [5.41, 5.74) is 1.09. The van der Waals surface area contributed by atoms with E-state index < -0.39 is 6.61 Å². The number of nitrogens with zero attached hydrogens (tertiary/aromatic N) is 3. The molecule has 5 nitrogen and oxygen atoms in total. The molecule has 0 aromatic heterocycles. The van der Waals surface area contributed by atoms with Gasteiger partial charge in [-0.3, -0.25) is 9.80 Å². The third-order valence-corrected chi connectivity index (χ3v) is 5.79. The summed E-state index contributed by atoms with van der Waals surface area (Å²) >= 11 is 0. The van der Waals surface area contributed by atoms with E-state index in [1.165, 1.54) is 12.8 Å². The van der Waals surface area contributed by atoms with Crippen molar-refractivity contribution in [3.8, 4) is 5.75 Å². The van der Waals surface area contributed by atoms with Crippen molar-refractivity contribution in [2.24, 2.45) is 0 Å². The van der Waals surface area contributed by atoms with Gasteiger partial charge in [0.05, 0.1) is 0 Å². The molecule has 3 rings (SSSR count). The molecule has 2 aliphatic heterocycles. The van der Waals surface area contributed by atoms with Crippen LogP contribution in [0.5, 0.6) is 5.75 Å². The predicted molar refractivity (Wildman–Crippen MR) is 101 cm³/mol. The number of piperazine rings is 1. The fourth-order valence-electron chi connectivity index (χ4n) is 4.33. The Morgan fingerprint density at radius 3 is 2.44 bits per heavy atom. The summed E-state index contributed by atoms with van der Waals surface area (Å²) in [5, 5.41) is 9.53. The molecule has 1 aromatic rings. The number of hydrogen-bond acceptors (Lipinski definition) is 5. The zero-order chi connectivity index (χ0) is 19.2. The molecule has 2 heterocycles. The predicted octanol–water partition coefficient (Wildman–Crippen LogP) is 2.25. The number of alkyl halides is 2. The highest BCUT2D eigenvalue weighted by atomic mass is 19.3. The number of piperidine rings is 1. The number of halogens is 2. The first kappa shape index (κ1) is 20.5. The SMILES string of the molecule is CN1CCC(N2CCN(Cc3ccc(OC(F)F)cc3)CC2CCO)CC1. The van der Waals surface area contributed by atoms with Gasteiger partial charge in [-0.15, -0.1) is 0 Å². The van der Waals surface area contributed by atoms with E-state index in [0.29, 0.717) is 12.1 Å². The number of rotatable bonds is 7. The Bertz CT molecular complexity index is 565. The molecule has 1 unspecified atom stereocenters. The Kier molecular flexibility index (Phi) is 7.41. The van der Waals surface area contributed by atoms with E-state index in [2.05, 4.69) is 26.5 Å². The topological polar surface area (TPSA) is 39.2 Å². The van der Waals surface area contributed by atoms with Gasteiger partial charge in [0.2, 0.25) is 0 Å². The molecule has 152 valence electrons. The minimum atomic E-state index is -2.79. The van der Waals surface area contributed by atoms with Crippen LogP contribution < -0.4 is 4.74 Å². The summed E-state index contributed by atoms with van der Waals surface area (Å²) in [7, 11) is 2.18. The summed E-state index contributed by atoms with van der Waals surface area (Å²) in [6.07, 6.45) is 3.19.